The van der Waals surface area contributed by atoms with Gasteiger partial charge in [0.2, 0.25) is 0 Å². The zero-order valence-electron chi connectivity index (χ0n) is 9.73. The van der Waals surface area contributed by atoms with Crippen LogP contribution in [-0.2, 0) is 6.54 Å². The van der Waals surface area contributed by atoms with Crippen LogP contribution in [0.2, 0.25) is 0 Å². The number of aryl methyl sites for hydroxylation is 1. The van der Waals surface area contributed by atoms with Gasteiger partial charge in [0, 0.05) is 30.2 Å². The number of nitrogens with one attached hydrogen (secondary N) is 1. The molecule has 0 saturated carbocycles. The molecule has 0 bridgehead atoms. The Morgan fingerprint density at radius 3 is 2.75 bits per heavy atom. The van der Waals surface area contributed by atoms with E-state index in [1.54, 1.807) is 18.6 Å². The molecule has 2 aromatic heterocycles. The summed E-state index contributed by atoms with van der Waals surface area (Å²) < 4.78 is 1.83. The van der Waals surface area contributed by atoms with Gasteiger partial charge in [0.1, 0.15) is 0 Å². The molecule has 0 amide bonds. The smallest absolute Gasteiger partial charge is 0.172 e. The first-order valence-corrected chi connectivity index (χ1v) is 5.20. The van der Waals surface area contributed by atoms with E-state index in [1.165, 1.54) is 5.56 Å². The molecule has 0 atom stereocenters. The Kier molecular flexibility index (Phi) is 2.96. The second-order valence-corrected chi connectivity index (χ2v) is 3.66. The Bertz CT molecular complexity index is 475. The van der Waals surface area contributed by atoms with E-state index in [4.69, 9.17) is 0 Å². The van der Waals surface area contributed by atoms with Gasteiger partial charge in [-0.25, -0.2) is 9.67 Å². The fraction of sp³-hybridized carbons (Fsp3) is 0.364. The molecule has 2 aromatic rings. The van der Waals surface area contributed by atoms with Crippen molar-refractivity contribution < 1.29 is 0 Å². The van der Waals surface area contributed by atoms with Crippen molar-refractivity contribution in [2.24, 2.45) is 0 Å². The predicted octanol–water partition coefficient (Wildman–Crippen LogP) is 0.999. The Morgan fingerprint density at radius 2 is 2.12 bits per heavy atom. The second-order valence-electron chi connectivity index (χ2n) is 3.66. The summed E-state index contributed by atoms with van der Waals surface area (Å²) in [7, 11) is 1.93. The van der Waals surface area contributed by atoms with E-state index in [1.807, 2.05) is 25.6 Å². The molecular weight excluding hydrogens is 202 g/mol. The lowest BCUT2D eigenvalue weighted by Gasteiger charge is -2.03. The molecule has 0 unspecified atom stereocenters. The summed E-state index contributed by atoms with van der Waals surface area (Å²) >= 11 is 0. The molecule has 0 fully saturated rings. The number of hydrogen-bond donors (Lipinski definition) is 1. The minimum absolute atomic E-state index is 0.755. The number of aromatic nitrogens is 4. The molecule has 0 aliphatic heterocycles. The van der Waals surface area contributed by atoms with E-state index < -0.39 is 0 Å². The average molecular weight is 217 g/mol. The highest BCUT2D eigenvalue weighted by Crippen LogP contribution is 2.15. The van der Waals surface area contributed by atoms with Crippen LogP contribution in [0.15, 0.2) is 18.6 Å². The maximum Gasteiger partial charge on any atom is 0.172 e. The molecule has 2 rings (SSSR count). The van der Waals surface area contributed by atoms with Crippen molar-refractivity contribution in [2.75, 3.05) is 7.05 Å². The average Bonchev–Trinajstić information content (AvgIpc) is 2.59. The predicted molar refractivity (Wildman–Crippen MR) is 61.4 cm³/mol. The third-order valence-corrected chi connectivity index (χ3v) is 2.56. The summed E-state index contributed by atoms with van der Waals surface area (Å²) in [5.74, 6) is 0.755. The molecule has 5 heteroatoms. The van der Waals surface area contributed by atoms with Crippen LogP contribution in [0.3, 0.4) is 0 Å². The third kappa shape index (κ3) is 1.81. The molecule has 1 N–H and O–H groups in total. The second kappa shape index (κ2) is 4.40. The highest BCUT2D eigenvalue weighted by molar-refractivity contribution is 5.30. The lowest BCUT2D eigenvalue weighted by molar-refractivity contribution is 0.788. The first kappa shape index (κ1) is 10.8. The lowest BCUT2D eigenvalue weighted by Crippen LogP contribution is -2.07. The van der Waals surface area contributed by atoms with Crippen molar-refractivity contribution in [3.8, 4) is 5.82 Å². The molecule has 5 nitrogen and oxygen atoms in total. The van der Waals surface area contributed by atoms with E-state index in [2.05, 4.69) is 20.4 Å². The van der Waals surface area contributed by atoms with Crippen LogP contribution in [0.5, 0.6) is 0 Å². The van der Waals surface area contributed by atoms with Crippen LogP contribution in [0.25, 0.3) is 5.82 Å². The molecule has 0 aliphatic rings. The van der Waals surface area contributed by atoms with Gasteiger partial charge in [-0.1, -0.05) is 0 Å². The Hall–Kier alpha value is -1.75. The topological polar surface area (TPSA) is 55.6 Å². The quantitative estimate of drug-likeness (QED) is 0.833. The maximum absolute atomic E-state index is 4.47. The first-order valence-electron chi connectivity index (χ1n) is 5.20. The van der Waals surface area contributed by atoms with Gasteiger partial charge in [-0.15, -0.1) is 0 Å². The Labute approximate surface area is 94.5 Å². The fourth-order valence-electron chi connectivity index (χ4n) is 1.73. The number of rotatable bonds is 3. The summed E-state index contributed by atoms with van der Waals surface area (Å²) in [6.07, 6.45) is 5.04. The van der Waals surface area contributed by atoms with E-state index in [0.717, 1.165) is 23.8 Å². The molecule has 0 saturated heterocycles. The van der Waals surface area contributed by atoms with E-state index >= 15 is 0 Å². The normalized spacial score (nSPS) is 10.7. The highest BCUT2D eigenvalue weighted by Gasteiger charge is 2.12. The fourth-order valence-corrected chi connectivity index (χ4v) is 1.73. The Balaban J connectivity index is 2.47. The van der Waals surface area contributed by atoms with E-state index in [-0.39, 0.29) is 0 Å². The standard InChI is InChI=1S/C11H15N5/c1-8-10(6-12-3)9(2)16(15-8)11-7-13-4-5-14-11/h4-5,7,12H,6H2,1-3H3. The van der Waals surface area contributed by atoms with Gasteiger partial charge in [0.05, 0.1) is 11.9 Å². The van der Waals surface area contributed by atoms with Crippen molar-refractivity contribution >= 4 is 0 Å². The third-order valence-electron chi connectivity index (χ3n) is 2.56. The van der Waals surface area contributed by atoms with Gasteiger partial charge >= 0.3 is 0 Å². The number of nitrogens with zero attached hydrogens (tertiary/aromatic N) is 4. The minimum Gasteiger partial charge on any atom is -0.316 e. The molecule has 84 valence electrons. The summed E-state index contributed by atoms with van der Waals surface area (Å²) in [6, 6.07) is 0. The van der Waals surface area contributed by atoms with Crippen molar-refractivity contribution in [3.63, 3.8) is 0 Å². The molecule has 0 aliphatic carbocycles. The summed E-state index contributed by atoms with van der Waals surface area (Å²) in [5, 5.41) is 7.61. The molecule has 0 aromatic carbocycles. The number of hydrogen-bond acceptors (Lipinski definition) is 4. The first-order chi connectivity index (χ1) is 7.74. The van der Waals surface area contributed by atoms with E-state index in [0.29, 0.717) is 0 Å². The largest absolute Gasteiger partial charge is 0.316 e. The van der Waals surface area contributed by atoms with Gasteiger partial charge in [-0.05, 0) is 20.9 Å². The molecule has 16 heavy (non-hydrogen) atoms. The summed E-state index contributed by atoms with van der Waals surface area (Å²) in [4.78, 5) is 8.29. The van der Waals surface area contributed by atoms with Gasteiger partial charge in [0.25, 0.3) is 0 Å². The van der Waals surface area contributed by atoms with Crippen molar-refractivity contribution in [1.82, 2.24) is 25.1 Å². The molecule has 0 radical (unpaired) electrons. The zero-order valence-corrected chi connectivity index (χ0v) is 9.73. The SMILES string of the molecule is CNCc1c(C)nn(-c2cnccn2)c1C. The monoisotopic (exact) mass is 217 g/mol. The van der Waals surface area contributed by atoms with Gasteiger partial charge in [0.15, 0.2) is 5.82 Å². The van der Waals surface area contributed by atoms with Crippen LogP contribution in [0.1, 0.15) is 17.0 Å². The van der Waals surface area contributed by atoms with E-state index in [9.17, 15) is 0 Å². The van der Waals surface area contributed by atoms with Crippen LogP contribution < -0.4 is 5.32 Å². The highest BCUT2D eigenvalue weighted by atomic mass is 15.3. The van der Waals surface area contributed by atoms with Crippen LogP contribution in [0, 0.1) is 13.8 Å². The molecule has 0 spiro atoms. The summed E-state index contributed by atoms with van der Waals surface area (Å²) in [5.41, 5.74) is 3.35. The van der Waals surface area contributed by atoms with Crippen LogP contribution >= 0.6 is 0 Å². The van der Waals surface area contributed by atoms with Gasteiger partial charge in [-0.2, -0.15) is 5.10 Å². The van der Waals surface area contributed by atoms with Crippen LogP contribution in [-0.4, -0.2) is 26.8 Å². The van der Waals surface area contributed by atoms with Crippen LogP contribution in [0.4, 0.5) is 0 Å². The maximum atomic E-state index is 4.47. The van der Waals surface area contributed by atoms with Crippen molar-refractivity contribution in [1.29, 1.82) is 0 Å². The summed E-state index contributed by atoms with van der Waals surface area (Å²) in [6.45, 7) is 4.87. The van der Waals surface area contributed by atoms with Gasteiger partial charge in [-0.3, -0.25) is 4.98 Å². The van der Waals surface area contributed by atoms with Crippen molar-refractivity contribution in [3.05, 3.63) is 35.5 Å². The molecular formula is C11H15N5. The lowest BCUT2D eigenvalue weighted by atomic mass is 10.2. The van der Waals surface area contributed by atoms with Crippen molar-refractivity contribution in [2.45, 2.75) is 20.4 Å². The minimum atomic E-state index is 0.755. The Morgan fingerprint density at radius 1 is 1.31 bits per heavy atom. The van der Waals surface area contributed by atoms with Gasteiger partial charge < -0.3 is 5.32 Å². The zero-order chi connectivity index (χ0) is 11.5. The molecule has 2 heterocycles.